The number of carbonyl (C=O) groups excluding carboxylic acids is 1. The fourth-order valence-corrected chi connectivity index (χ4v) is 1.95. The molecule has 1 rings (SSSR count). The largest absolute Gasteiger partial charge is 0.340 e. The van der Waals surface area contributed by atoms with Crippen LogP contribution in [0.15, 0.2) is 42.0 Å². The lowest BCUT2D eigenvalue weighted by Gasteiger charge is -2.18. The van der Waals surface area contributed by atoms with Gasteiger partial charge in [-0.25, -0.2) is 0 Å². The summed E-state index contributed by atoms with van der Waals surface area (Å²) in [6, 6.07) is 10.4. The van der Waals surface area contributed by atoms with E-state index in [0.29, 0.717) is 0 Å². The SMILES string of the molecule is CCN(CC)C(=O)/C(C)=C/CCc1ccccc1. The highest BCUT2D eigenvalue weighted by Gasteiger charge is 2.10. The quantitative estimate of drug-likeness (QED) is 0.703. The van der Waals surface area contributed by atoms with E-state index in [1.54, 1.807) is 0 Å². The third-order valence-electron chi connectivity index (χ3n) is 3.11. The van der Waals surface area contributed by atoms with Gasteiger partial charge in [0.1, 0.15) is 0 Å². The highest BCUT2D eigenvalue weighted by Crippen LogP contribution is 2.07. The van der Waals surface area contributed by atoms with E-state index in [0.717, 1.165) is 31.5 Å². The molecule has 0 aliphatic rings. The molecule has 18 heavy (non-hydrogen) atoms. The van der Waals surface area contributed by atoms with Gasteiger partial charge >= 0.3 is 0 Å². The van der Waals surface area contributed by atoms with Crippen molar-refractivity contribution in [1.82, 2.24) is 4.90 Å². The van der Waals surface area contributed by atoms with E-state index >= 15 is 0 Å². The second-order valence-corrected chi connectivity index (χ2v) is 4.39. The smallest absolute Gasteiger partial charge is 0.249 e. The average molecular weight is 245 g/mol. The van der Waals surface area contributed by atoms with Crippen molar-refractivity contribution in [3.8, 4) is 0 Å². The van der Waals surface area contributed by atoms with Crippen LogP contribution in [-0.4, -0.2) is 23.9 Å². The van der Waals surface area contributed by atoms with Gasteiger partial charge in [0.25, 0.3) is 0 Å². The summed E-state index contributed by atoms with van der Waals surface area (Å²) in [4.78, 5) is 13.9. The number of aryl methyl sites for hydroxylation is 1. The molecule has 0 heterocycles. The number of likely N-dealkylation sites (N-methyl/N-ethyl adjacent to an activating group) is 1. The molecule has 0 bridgehead atoms. The van der Waals surface area contributed by atoms with E-state index in [9.17, 15) is 4.79 Å². The van der Waals surface area contributed by atoms with Crippen LogP contribution in [0.2, 0.25) is 0 Å². The maximum absolute atomic E-state index is 12.0. The molecule has 2 nitrogen and oxygen atoms in total. The second-order valence-electron chi connectivity index (χ2n) is 4.39. The third-order valence-corrected chi connectivity index (χ3v) is 3.11. The summed E-state index contributed by atoms with van der Waals surface area (Å²) in [5.41, 5.74) is 2.17. The van der Waals surface area contributed by atoms with Crippen molar-refractivity contribution in [3.05, 3.63) is 47.5 Å². The molecule has 0 aliphatic carbocycles. The predicted molar refractivity (Wildman–Crippen MR) is 76.4 cm³/mol. The Bertz CT molecular complexity index is 391. The maximum Gasteiger partial charge on any atom is 0.249 e. The summed E-state index contributed by atoms with van der Waals surface area (Å²) in [5.74, 6) is 0.160. The topological polar surface area (TPSA) is 20.3 Å². The Balaban J connectivity index is 2.49. The Hall–Kier alpha value is -1.57. The lowest BCUT2D eigenvalue weighted by molar-refractivity contribution is -0.126. The summed E-state index contributed by atoms with van der Waals surface area (Å²) < 4.78 is 0. The fraction of sp³-hybridized carbons (Fsp3) is 0.438. The van der Waals surface area contributed by atoms with E-state index in [1.165, 1.54) is 5.56 Å². The van der Waals surface area contributed by atoms with Crippen molar-refractivity contribution < 1.29 is 4.79 Å². The zero-order chi connectivity index (χ0) is 13.4. The third kappa shape index (κ3) is 4.36. The summed E-state index contributed by atoms with van der Waals surface area (Å²) in [6.45, 7) is 7.49. The normalized spacial score (nSPS) is 11.4. The number of hydrogen-bond acceptors (Lipinski definition) is 1. The zero-order valence-electron chi connectivity index (χ0n) is 11.6. The number of carbonyl (C=O) groups is 1. The molecule has 0 fully saturated rings. The number of rotatable bonds is 6. The van der Waals surface area contributed by atoms with Crippen LogP contribution in [0.3, 0.4) is 0 Å². The summed E-state index contributed by atoms with van der Waals surface area (Å²) >= 11 is 0. The van der Waals surface area contributed by atoms with Crippen molar-refractivity contribution >= 4 is 5.91 Å². The van der Waals surface area contributed by atoms with Gasteiger partial charge in [0.15, 0.2) is 0 Å². The lowest BCUT2D eigenvalue weighted by Crippen LogP contribution is -2.31. The molecule has 2 heteroatoms. The minimum atomic E-state index is 0.160. The summed E-state index contributed by atoms with van der Waals surface area (Å²) in [5, 5.41) is 0. The molecule has 0 aliphatic heterocycles. The molecular formula is C16H23NO. The van der Waals surface area contributed by atoms with E-state index in [1.807, 2.05) is 49.9 Å². The van der Waals surface area contributed by atoms with Gasteiger partial charge in [-0.15, -0.1) is 0 Å². The number of nitrogens with zero attached hydrogens (tertiary/aromatic N) is 1. The highest BCUT2D eigenvalue weighted by atomic mass is 16.2. The monoisotopic (exact) mass is 245 g/mol. The van der Waals surface area contributed by atoms with Crippen molar-refractivity contribution in [3.63, 3.8) is 0 Å². The van der Waals surface area contributed by atoms with Crippen molar-refractivity contribution in [2.45, 2.75) is 33.6 Å². The molecule has 0 spiro atoms. The number of allylic oxidation sites excluding steroid dienone is 1. The van der Waals surface area contributed by atoms with Crippen LogP contribution in [0.4, 0.5) is 0 Å². The minimum Gasteiger partial charge on any atom is -0.340 e. The maximum atomic E-state index is 12.0. The van der Waals surface area contributed by atoms with E-state index < -0.39 is 0 Å². The van der Waals surface area contributed by atoms with Gasteiger partial charge in [-0.3, -0.25) is 4.79 Å². The Labute approximate surface area is 110 Å². The first kappa shape index (κ1) is 14.5. The standard InChI is InChI=1S/C16H23NO/c1-4-17(5-2)16(18)14(3)10-9-13-15-11-7-6-8-12-15/h6-8,10-12H,4-5,9,13H2,1-3H3/b14-10+. The first-order valence-electron chi connectivity index (χ1n) is 6.69. The van der Waals surface area contributed by atoms with Gasteiger partial charge in [0.2, 0.25) is 5.91 Å². The van der Waals surface area contributed by atoms with Gasteiger partial charge in [0, 0.05) is 18.7 Å². The Kier molecular flexibility index (Phi) is 6.20. The minimum absolute atomic E-state index is 0.160. The molecule has 1 aromatic carbocycles. The summed E-state index contributed by atoms with van der Waals surface area (Å²) in [6.07, 6.45) is 3.96. The van der Waals surface area contributed by atoms with Crippen LogP contribution >= 0.6 is 0 Å². The molecule has 0 N–H and O–H groups in total. The molecular weight excluding hydrogens is 222 g/mol. The van der Waals surface area contributed by atoms with E-state index in [-0.39, 0.29) is 5.91 Å². The number of hydrogen-bond donors (Lipinski definition) is 0. The van der Waals surface area contributed by atoms with Crippen LogP contribution in [0.1, 0.15) is 32.8 Å². The molecule has 0 atom stereocenters. The average Bonchev–Trinajstić information content (AvgIpc) is 2.41. The molecule has 0 aromatic heterocycles. The number of benzene rings is 1. The highest BCUT2D eigenvalue weighted by molar-refractivity contribution is 5.92. The van der Waals surface area contributed by atoms with E-state index in [2.05, 4.69) is 12.1 Å². The molecule has 0 saturated heterocycles. The van der Waals surface area contributed by atoms with Crippen molar-refractivity contribution in [2.75, 3.05) is 13.1 Å². The predicted octanol–water partition coefficient (Wildman–Crippen LogP) is 3.43. The van der Waals surface area contributed by atoms with Crippen LogP contribution in [0.5, 0.6) is 0 Å². The van der Waals surface area contributed by atoms with Crippen LogP contribution in [0.25, 0.3) is 0 Å². The molecule has 1 amide bonds. The van der Waals surface area contributed by atoms with Crippen LogP contribution in [0, 0.1) is 0 Å². The van der Waals surface area contributed by atoms with Crippen LogP contribution < -0.4 is 0 Å². The van der Waals surface area contributed by atoms with Gasteiger partial charge in [-0.2, -0.15) is 0 Å². The van der Waals surface area contributed by atoms with Crippen molar-refractivity contribution in [2.24, 2.45) is 0 Å². The molecule has 98 valence electrons. The van der Waals surface area contributed by atoms with Gasteiger partial charge in [-0.05, 0) is 39.2 Å². The molecule has 1 aromatic rings. The Morgan fingerprint density at radius 2 is 1.78 bits per heavy atom. The molecule has 0 unspecified atom stereocenters. The molecule has 0 radical (unpaired) electrons. The zero-order valence-corrected chi connectivity index (χ0v) is 11.6. The van der Waals surface area contributed by atoms with Crippen molar-refractivity contribution in [1.29, 1.82) is 0 Å². The van der Waals surface area contributed by atoms with Gasteiger partial charge in [0.05, 0.1) is 0 Å². The van der Waals surface area contributed by atoms with Gasteiger partial charge < -0.3 is 4.90 Å². The lowest BCUT2D eigenvalue weighted by atomic mass is 10.1. The Morgan fingerprint density at radius 3 is 2.33 bits per heavy atom. The fourth-order valence-electron chi connectivity index (χ4n) is 1.95. The number of amides is 1. The molecule has 0 saturated carbocycles. The Morgan fingerprint density at radius 1 is 1.17 bits per heavy atom. The van der Waals surface area contributed by atoms with Gasteiger partial charge in [-0.1, -0.05) is 36.4 Å². The van der Waals surface area contributed by atoms with Crippen LogP contribution in [-0.2, 0) is 11.2 Å². The first-order valence-corrected chi connectivity index (χ1v) is 6.69. The van der Waals surface area contributed by atoms with E-state index in [4.69, 9.17) is 0 Å². The summed E-state index contributed by atoms with van der Waals surface area (Å²) in [7, 11) is 0. The first-order chi connectivity index (χ1) is 8.69. The second kappa shape index (κ2) is 7.70.